The SMILES string of the molecule is [O]c1cccc(OCC(=O)O)c1. The van der Waals surface area contributed by atoms with Gasteiger partial charge in [0.2, 0.25) is 0 Å². The summed E-state index contributed by atoms with van der Waals surface area (Å²) in [5, 5.41) is 18.9. The third kappa shape index (κ3) is 2.49. The van der Waals surface area contributed by atoms with E-state index in [1.54, 1.807) is 0 Å². The van der Waals surface area contributed by atoms with E-state index < -0.39 is 12.6 Å². The molecular weight excluding hydrogens is 160 g/mol. The predicted octanol–water partition coefficient (Wildman–Crippen LogP) is 1.29. The van der Waals surface area contributed by atoms with Crippen molar-refractivity contribution in [1.82, 2.24) is 0 Å². The van der Waals surface area contributed by atoms with Gasteiger partial charge in [-0.1, -0.05) is 6.07 Å². The fraction of sp³-hybridized carbons (Fsp3) is 0.125. The molecule has 12 heavy (non-hydrogen) atoms. The van der Waals surface area contributed by atoms with Crippen molar-refractivity contribution in [2.75, 3.05) is 6.61 Å². The van der Waals surface area contributed by atoms with Crippen molar-refractivity contribution >= 4 is 5.97 Å². The van der Waals surface area contributed by atoms with Crippen molar-refractivity contribution in [2.24, 2.45) is 0 Å². The van der Waals surface area contributed by atoms with Crippen LogP contribution in [0.2, 0.25) is 0 Å². The van der Waals surface area contributed by atoms with E-state index in [2.05, 4.69) is 0 Å². The Bertz CT molecular complexity index is 282. The monoisotopic (exact) mass is 167 g/mol. The molecule has 1 aromatic carbocycles. The normalized spacial score (nSPS) is 9.33. The molecule has 0 atom stereocenters. The molecule has 63 valence electrons. The molecule has 0 spiro atoms. The number of carboxylic acids is 1. The van der Waals surface area contributed by atoms with Gasteiger partial charge >= 0.3 is 5.97 Å². The summed E-state index contributed by atoms with van der Waals surface area (Å²) in [5.41, 5.74) is 0. The maximum absolute atomic E-state index is 10.7. The molecule has 0 saturated carbocycles. The van der Waals surface area contributed by atoms with Gasteiger partial charge in [0.05, 0.1) is 0 Å². The summed E-state index contributed by atoms with van der Waals surface area (Å²) in [6.07, 6.45) is 0. The van der Waals surface area contributed by atoms with Gasteiger partial charge in [-0.15, -0.1) is 0 Å². The van der Waals surface area contributed by atoms with Crippen molar-refractivity contribution in [3.05, 3.63) is 24.3 Å². The van der Waals surface area contributed by atoms with E-state index in [0.717, 1.165) is 0 Å². The standard InChI is InChI=1S/C8H7O4/c9-6-2-1-3-7(4-6)12-5-8(10)11/h1-4H,5H2,(H,10,11). The molecule has 0 heterocycles. The second-order valence-electron chi connectivity index (χ2n) is 2.16. The minimum Gasteiger partial charge on any atom is -0.482 e. The van der Waals surface area contributed by atoms with Crippen LogP contribution in [0.25, 0.3) is 0 Å². The summed E-state index contributed by atoms with van der Waals surface area (Å²) in [5.74, 6) is -0.978. The summed E-state index contributed by atoms with van der Waals surface area (Å²) in [6, 6.07) is 5.65. The van der Waals surface area contributed by atoms with E-state index in [1.807, 2.05) is 0 Å². The van der Waals surface area contributed by atoms with Crippen LogP contribution in [0.1, 0.15) is 0 Å². The molecule has 0 aliphatic carbocycles. The van der Waals surface area contributed by atoms with Gasteiger partial charge < -0.3 is 9.84 Å². The highest BCUT2D eigenvalue weighted by Gasteiger charge is 1.99. The summed E-state index contributed by atoms with van der Waals surface area (Å²) in [6.45, 7) is -0.427. The van der Waals surface area contributed by atoms with Crippen molar-refractivity contribution in [3.8, 4) is 11.5 Å². The van der Waals surface area contributed by atoms with Gasteiger partial charge in [0.25, 0.3) is 0 Å². The van der Waals surface area contributed by atoms with E-state index in [0.29, 0.717) is 0 Å². The van der Waals surface area contributed by atoms with Gasteiger partial charge in [0.1, 0.15) is 5.75 Å². The van der Waals surface area contributed by atoms with Gasteiger partial charge in [0.15, 0.2) is 12.4 Å². The molecule has 1 aromatic rings. The molecule has 0 aliphatic rings. The average molecular weight is 167 g/mol. The molecule has 0 unspecified atom stereocenters. The molecule has 0 amide bonds. The van der Waals surface area contributed by atoms with Crippen molar-refractivity contribution in [3.63, 3.8) is 0 Å². The second kappa shape index (κ2) is 3.61. The summed E-state index contributed by atoms with van der Waals surface area (Å²) < 4.78 is 4.75. The Kier molecular flexibility index (Phi) is 2.53. The molecule has 4 heteroatoms. The van der Waals surface area contributed by atoms with Gasteiger partial charge in [-0.25, -0.2) is 4.79 Å². The van der Waals surface area contributed by atoms with Crippen LogP contribution in [-0.4, -0.2) is 17.7 Å². The van der Waals surface area contributed by atoms with E-state index in [-0.39, 0.29) is 11.5 Å². The number of carboxylic acid groups (broad SMARTS) is 1. The van der Waals surface area contributed by atoms with Crippen molar-refractivity contribution in [2.45, 2.75) is 0 Å². The van der Waals surface area contributed by atoms with Crippen LogP contribution in [0.3, 0.4) is 0 Å². The van der Waals surface area contributed by atoms with E-state index in [1.165, 1.54) is 24.3 Å². The first-order chi connectivity index (χ1) is 5.68. The molecule has 1 rings (SSSR count). The predicted molar refractivity (Wildman–Crippen MR) is 39.7 cm³/mol. The zero-order valence-electron chi connectivity index (χ0n) is 6.19. The Labute approximate surface area is 69.0 Å². The second-order valence-corrected chi connectivity index (χ2v) is 2.16. The van der Waals surface area contributed by atoms with Crippen molar-refractivity contribution < 1.29 is 19.7 Å². The zero-order valence-corrected chi connectivity index (χ0v) is 6.19. The molecule has 4 nitrogen and oxygen atoms in total. The maximum Gasteiger partial charge on any atom is 0.341 e. The number of ether oxygens (including phenoxy) is 1. The van der Waals surface area contributed by atoms with Crippen molar-refractivity contribution in [1.29, 1.82) is 0 Å². The Morgan fingerprint density at radius 3 is 2.83 bits per heavy atom. The maximum atomic E-state index is 10.7. The van der Waals surface area contributed by atoms with Crippen LogP contribution < -0.4 is 4.74 Å². The molecule has 0 aromatic heterocycles. The lowest BCUT2D eigenvalue weighted by Gasteiger charge is -2.01. The average Bonchev–Trinajstić information content (AvgIpc) is 2.01. The number of aliphatic carboxylic acids is 1. The number of benzene rings is 1. The highest BCUT2D eigenvalue weighted by Crippen LogP contribution is 2.17. The quantitative estimate of drug-likeness (QED) is 0.737. The lowest BCUT2D eigenvalue weighted by atomic mass is 10.3. The van der Waals surface area contributed by atoms with Gasteiger partial charge in [0, 0.05) is 6.07 Å². The molecule has 0 bridgehead atoms. The summed E-state index contributed by atoms with van der Waals surface area (Å²) in [4.78, 5) is 10.1. The largest absolute Gasteiger partial charge is 0.482 e. The third-order valence-electron chi connectivity index (χ3n) is 1.17. The van der Waals surface area contributed by atoms with Gasteiger partial charge in [-0.3, -0.25) is 5.11 Å². The summed E-state index contributed by atoms with van der Waals surface area (Å²) in [7, 11) is 0. The smallest absolute Gasteiger partial charge is 0.341 e. The third-order valence-corrected chi connectivity index (χ3v) is 1.17. The molecule has 1 N–H and O–H groups in total. The van der Waals surface area contributed by atoms with Crippen LogP contribution >= 0.6 is 0 Å². The zero-order chi connectivity index (χ0) is 8.97. The van der Waals surface area contributed by atoms with Crippen LogP contribution in [0.15, 0.2) is 24.3 Å². The minimum absolute atomic E-state index is 0.196. The van der Waals surface area contributed by atoms with Gasteiger partial charge in [-0.05, 0) is 12.1 Å². The minimum atomic E-state index is -1.06. The Balaban J connectivity index is 2.57. The first-order valence-electron chi connectivity index (χ1n) is 3.30. The molecule has 1 radical (unpaired) electrons. The van der Waals surface area contributed by atoms with Gasteiger partial charge in [-0.2, -0.15) is 0 Å². The summed E-state index contributed by atoms with van der Waals surface area (Å²) >= 11 is 0. The number of carbonyl (C=O) groups is 1. The first-order valence-corrected chi connectivity index (χ1v) is 3.30. The molecule has 0 fully saturated rings. The van der Waals surface area contributed by atoms with E-state index in [9.17, 15) is 9.90 Å². The number of rotatable bonds is 3. The molecule has 0 aliphatic heterocycles. The van der Waals surface area contributed by atoms with Crippen LogP contribution in [-0.2, 0) is 9.90 Å². The lowest BCUT2D eigenvalue weighted by molar-refractivity contribution is -0.139. The first kappa shape index (κ1) is 8.39. The molecular formula is C8H7O4. The van der Waals surface area contributed by atoms with Crippen LogP contribution in [0, 0.1) is 0 Å². The topological polar surface area (TPSA) is 66.4 Å². The fourth-order valence-electron chi connectivity index (χ4n) is 0.709. The fourth-order valence-corrected chi connectivity index (χ4v) is 0.709. The van der Waals surface area contributed by atoms with E-state index in [4.69, 9.17) is 9.84 Å². The highest BCUT2D eigenvalue weighted by molar-refractivity contribution is 5.68. The number of hydrogen-bond donors (Lipinski definition) is 1. The Morgan fingerprint density at radius 2 is 2.25 bits per heavy atom. The van der Waals surface area contributed by atoms with E-state index >= 15 is 0 Å². The highest BCUT2D eigenvalue weighted by atomic mass is 16.5. The van der Waals surface area contributed by atoms with Crippen LogP contribution in [0.4, 0.5) is 0 Å². The Hall–Kier alpha value is -1.71. The Morgan fingerprint density at radius 1 is 1.50 bits per heavy atom. The molecule has 0 saturated heterocycles. The number of hydrogen-bond acceptors (Lipinski definition) is 2. The van der Waals surface area contributed by atoms with Crippen LogP contribution in [0.5, 0.6) is 11.5 Å². The lowest BCUT2D eigenvalue weighted by Crippen LogP contribution is -2.09.